The lowest BCUT2D eigenvalue weighted by molar-refractivity contribution is 0.308. The molecule has 0 unspecified atom stereocenters. The second-order valence-corrected chi connectivity index (χ2v) is 10.6. The number of aryl methyl sites for hydroxylation is 2. The zero-order valence-corrected chi connectivity index (χ0v) is 22.3. The highest BCUT2D eigenvalue weighted by molar-refractivity contribution is 7.86. The van der Waals surface area contributed by atoms with E-state index in [9.17, 15) is 8.42 Å². The molecule has 0 aromatic heterocycles. The van der Waals surface area contributed by atoms with Crippen LogP contribution in [-0.4, -0.2) is 53.9 Å². The molecule has 0 atom stereocenters. The first-order valence-corrected chi connectivity index (χ1v) is 13.5. The largest absolute Gasteiger partial charge is 0.493 e. The maximum Gasteiger partial charge on any atom is 0.306 e. The van der Waals surface area contributed by atoms with E-state index < -0.39 is 10.1 Å². The minimum absolute atomic E-state index is 0. The lowest BCUT2D eigenvalue weighted by atomic mass is 9.94. The molecular formula is C26H38ClNO5S. The van der Waals surface area contributed by atoms with Crippen molar-refractivity contribution in [3.05, 3.63) is 53.1 Å². The lowest BCUT2D eigenvalue weighted by Gasteiger charge is -2.19. The number of ether oxygens (including phenoxy) is 2. The molecule has 0 spiro atoms. The van der Waals surface area contributed by atoms with Crippen molar-refractivity contribution in [2.45, 2.75) is 44.9 Å². The number of rotatable bonds is 11. The molecule has 1 aliphatic rings. The molecule has 34 heavy (non-hydrogen) atoms. The van der Waals surface area contributed by atoms with E-state index in [4.69, 9.17) is 13.7 Å². The number of likely N-dealkylation sites (N-methyl/N-ethyl adjacent to an activating group) is 1. The fourth-order valence-corrected chi connectivity index (χ4v) is 5.01. The molecule has 0 aliphatic heterocycles. The summed E-state index contributed by atoms with van der Waals surface area (Å²) >= 11 is 0. The highest BCUT2D eigenvalue weighted by atomic mass is 35.5. The zero-order chi connectivity index (χ0) is 23.8. The predicted molar refractivity (Wildman–Crippen MR) is 139 cm³/mol. The van der Waals surface area contributed by atoms with Crippen molar-refractivity contribution >= 4 is 22.5 Å². The standard InChI is InChI=1S/C26H37NO5S.ClH/c1-27(17-15-21-9-13-24(14-10-21)32-33(4,28)29)16-5-6-20-7-11-22-18-25(30-2)26(31-3)19-23(22)12-8-20;/h9-10,13-14,18-20H,5-8,11-12,15-17H2,1-4H3;1H. The van der Waals surface area contributed by atoms with Crippen molar-refractivity contribution in [1.82, 2.24) is 4.90 Å². The molecule has 0 amide bonds. The van der Waals surface area contributed by atoms with Gasteiger partial charge in [-0.05, 0) is 105 Å². The van der Waals surface area contributed by atoms with Crippen LogP contribution in [0.15, 0.2) is 36.4 Å². The first-order valence-electron chi connectivity index (χ1n) is 11.7. The van der Waals surface area contributed by atoms with Gasteiger partial charge in [-0.1, -0.05) is 12.1 Å². The molecule has 1 aliphatic carbocycles. The van der Waals surface area contributed by atoms with Crippen LogP contribution in [0.25, 0.3) is 0 Å². The minimum atomic E-state index is -3.48. The molecule has 6 nitrogen and oxygen atoms in total. The molecule has 3 rings (SSSR count). The Balaban J connectivity index is 0.00000408. The van der Waals surface area contributed by atoms with Gasteiger partial charge in [0.2, 0.25) is 0 Å². The Morgan fingerprint density at radius 1 is 0.941 bits per heavy atom. The summed E-state index contributed by atoms with van der Waals surface area (Å²) in [6.45, 7) is 2.06. The molecule has 0 radical (unpaired) electrons. The van der Waals surface area contributed by atoms with Crippen LogP contribution in [0.3, 0.4) is 0 Å². The highest BCUT2D eigenvalue weighted by Gasteiger charge is 2.19. The molecule has 0 heterocycles. The van der Waals surface area contributed by atoms with E-state index in [0.29, 0.717) is 5.75 Å². The normalized spacial score (nSPS) is 14.1. The Morgan fingerprint density at radius 3 is 2.00 bits per heavy atom. The average molecular weight is 512 g/mol. The molecule has 190 valence electrons. The fourth-order valence-electron chi connectivity index (χ4n) is 4.55. The van der Waals surface area contributed by atoms with E-state index in [0.717, 1.165) is 56.0 Å². The van der Waals surface area contributed by atoms with Gasteiger partial charge in [0.1, 0.15) is 5.75 Å². The Labute approximate surface area is 211 Å². The van der Waals surface area contributed by atoms with Crippen LogP contribution >= 0.6 is 12.4 Å². The number of hydrogen-bond donors (Lipinski definition) is 0. The Bertz CT molecular complexity index is 976. The third kappa shape index (κ3) is 8.67. The van der Waals surface area contributed by atoms with Crippen LogP contribution in [0, 0.1) is 5.92 Å². The number of methoxy groups -OCH3 is 2. The predicted octanol–water partition coefficient (Wildman–Crippen LogP) is 4.91. The van der Waals surface area contributed by atoms with Gasteiger partial charge in [0.05, 0.1) is 20.5 Å². The van der Waals surface area contributed by atoms with Gasteiger partial charge in [-0.15, -0.1) is 12.4 Å². The van der Waals surface area contributed by atoms with Crippen LogP contribution in [0.1, 0.15) is 42.4 Å². The average Bonchev–Trinajstić information content (AvgIpc) is 2.98. The molecule has 0 fully saturated rings. The Hall–Kier alpha value is -1.96. The molecule has 0 bridgehead atoms. The molecular weight excluding hydrogens is 474 g/mol. The monoisotopic (exact) mass is 511 g/mol. The highest BCUT2D eigenvalue weighted by Crippen LogP contribution is 2.35. The Morgan fingerprint density at radius 2 is 1.50 bits per heavy atom. The number of halogens is 1. The summed E-state index contributed by atoms with van der Waals surface area (Å²) in [5, 5.41) is 0. The smallest absolute Gasteiger partial charge is 0.306 e. The van der Waals surface area contributed by atoms with Gasteiger partial charge < -0.3 is 18.6 Å². The third-order valence-electron chi connectivity index (χ3n) is 6.45. The number of benzene rings is 2. The lowest BCUT2D eigenvalue weighted by Crippen LogP contribution is -2.23. The summed E-state index contributed by atoms with van der Waals surface area (Å²) in [5.74, 6) is 2.77. The molecule has 0 N–H and O–H groups in total. The van der Waals surface area contributed by atoms with E-state index in [-0.39, 0.29) is 12.4 Å². The first kappa shape index (κ1) is 28.3. The van der Waals surface area contributed by atoms with E-state index >= 15 is 0 Å². The van der Waals surface area contributed by atoms with E-state index in [1.54, 1.807) is 26.4 Å². The molecule has 2 aromatic rings. The number of nitrogens with zero attached hydrogens (tertiary/aromatic N) is 1. The maximum absolute atomic E-state index is 11.2. The summed E-state index contributed by atoms with van der Waals surface area (Å²) in [5.41, 5.74) is 3.98. The van der Waals surface area contributed by atoms with E-state index in [1.165, 1.54) is 42.4 Å². The molecule has 0 saturated carbocycles. The fraction of sp³-hybridized carbons (Fsp3) is 0.538. The van der Waals surface area contributed by atoms with Crippen LogP contribution in [0.2, 0.25) is 0 Å². The van der Waals surface area contributed by atoms with Crippen molar-refractivity contribution in [3.63, 3.8) is 0 Å². The van der Waals surface area contributed by atoms with Crippen LogP contribution in [0.5, 0.6) is 17.2 Å². The van der Waals surface area contributed by atoms with Gasteiger partial charge >= 0.3 is 10.1 Å². The van der Waals surface area contributed by atoms with Crippen molar-refractivity contribution in [3.8, 4) is 17.2 Å². The van der Waals surface area contributed by atoms with E-state index in [1.807, 2.05) is 12.1 Å². The third-order valence-corrected chi connectivity index (χ3v) is 6.95. The topological polar surface area (TPSA) is 65.1 Å². The van der Waals surface area contributed by atoms with Gasteiger partial charge in [-0.2, -0.15) is 8.42 Å². The summed E-state index contributed by atoms with van der Waals surface area (Å²) in [4.78, 5) is 2.38. The molecule has 8 heteroatoms. The van der Waals surface area contributed by atoms with Crippen LogP contribution in [-0.2, 0) is 29.4 Å². The summed E-state index contributed by atoms with van der Waals surface area (Å²) < 4.78 is 38.3. The van der Waals surface area contributed by atoms with Crippen molar-refractivity contribution in [2.24, 2.45) is 5.92 Å². The zero-order valence-electron chi connectivity index (χ0n) is 20.7. The quantitative estimate of drug-likeness (QED) is 0.315. The van der Waals surface area contributed by atoms with Crippen molar-refractivity contribution in [2.75, 3.05) is 40.6 Å². The minimum Gasteiger partial charge on any atom is -0.493 e. The maximum atomic E-state index is 11.2. The van der Waals surface area contributed by atoms with Crippen molar-refractivity contribution < 1.29 is 22.1 Å². The van der Waals surface area contributed by atoms with Gasteiger partial charge in [0, 0.05) is 6.54 Å². The van der Waals surface area contributed by atoms with Gasteiger partial charge in [-0.25, -0.2) is 0 Å². The van der Waals surface area contributed by atoms with Crippen LogP contribution in [0.4, 0.5) is 0 Å². The number of hydrogen-bond acceptors (Lipinski definition) is 6. The molecule has 2 aromatic carbocycles. The summed E-state index contributed by atoms with van der Waals surface area (Å²) in [7, 11) is 2.08. The molecule has 0 saturated heterocycles. The summed E-state index contributed by atoms with van der Waals surface area (Å²) in [6, 6.07) is 11.6. The number of fused-ring (bicyclic) bond motifs is 1. The Kier molecular flexibility index (Phi) is 11.0. The van der Waals surface area contributed by atoms with Gasteiger partial charge in [0.25, 0.3) is 0 Å². The van der Waals surface area contributed by atoms with Crippen LogP contribution < -0.4 is 13.7 Å². The summed E-state index contributed by atoms with van der Waals surface area (Å²) in [6.07, 6.45) is 9.11. The van der Waals surface area contributed by atoms with Gasteiger partial charge in [0.15, 0.2) is 11.5 Å². The first-order chi connectivity index (χ1) is 15.8. The second kappa shape index (κ2) is 13.2. The second-order valence-electron chi connectivity index (χ2n) is 9.05. The van der Waals surface area contributed by atoms with Crippen molar-refractivity contribution in [1.29, 1.82) is 0 Å². The van der Waals surface area contributed by atoms with E-state index in [2.05, 4.69) is 24.1 Å². The SMILES string of the molecule is COc1cc2c(cc1OC)CCC(CCCN(C)CCc1ccc(OS(C)(=O)=O)cc1)CC2.Cl. The van der Waals surface area contributed by atoms with Gasteiger partial charge in [-0.3, -0.25) is 0 Å².